The molecule has 1 amide bonds. The highest BCUT2D eigenvalue weighted by Crippen LogP contribution is 2.17. The standard InChI is InChI=1S/C15H16N2O3/c1-10-9-17(6-7-20-10)15(19)12-8-14(18)16-13-5-3-2-4-11(12)13/h2-5,8,10H,6-7,9H2,1H3,(H,16,18). The van der Waals surface area contributed by atoms with Gasteiger partial charge in [-0.15, -0.1) is 0 Å². The van der Waals surface area contributed by atoms with Crippen molar-refractivity contribution >= 4 is 16.8 Å². The Kier molecular flexibility index (Phi) is 3.28. The van der Waals surface area contributed by atoms with Crippen LogP contribution in [-0.2, 0) is 4.74 Å². The van der Waals surface area contributed by atoms with Gasteiger partial charge in [0.25, 0.3) is 5.91 Å². The van der Waals surface area contributed by atoms with Crippen LogP contribution in [0.1, 0.15) is 17.3 Å². The molecule has 5 nitrogen and oxygen atoms in total. The normalized spacial score (nSPS) is 19.2. The number of hydrogen-bond acceptors (Lipinski definition) is 3. The molecule has 5 heteroatoms. The first kappa shape index (κ1) is 12.9. The predicted molar refractivity (Wildman–Crippen MR) is 75.9 cm³/mol. The number of carbonyl (C=O) groups is 1. The number of H-pyrrole nitrogens is 1. The minimum Gasteiger partial charge on any atom is -0.375 e. The van der Waals surface area contributed by atoms with Gasteiger partial charge < -0.3 is 14.6 Å². The molecular weight excluding hydrogens is 256 g/mol. The minimum absolute atomic E-state index is 0.0287. The van der Waals surface area contributed by atoms with Crippen LogP contribution in [0.2, 0.25) is 0 Å². The average Bonchev–Trinajstić information content (AvgIpc) is 2.45. The number of carbonyl (C=O) groups excluding carboxylic acids is 1. The van der Waals surface area contributed by atoms with Gasteiger partial charge in [0.2, 0.25) is 5.56 Å². The molecule has 1 aromatic heterocycles. The topological polar surface area (TPSA) is 62.4 Å². The van der Waals surface area contributed by atoms with Crippen molar-refractivity contribution in [3.8, 4) is 0 Å². The summed E-state index contributed by atoms with van der Waals surface area (Å²) in [5.74, 6) is -0.109. The SMILES string of the molecule is CC1CN(C(=O)c2cc(=O)[nH]c3ccccc23)CCO1. The molecule has 1 aromatic carbocycles. The zero-order chi connectivity index (χ0) is 14.1. The maximum Gasteiger partial charge on any atom is 0.254 e. The molecule has 1 atom stereocenters. The van der Waals surface area contributed by atoms with E-state index in [-0.39, 0.29) is 17.6 Å². The maximum atomic E-state index is 12.6. The van der Waals surface area contributed by atoms with Crippen LogP contribution in [-0.4, -0.2) is 41.6 Å². The molecular formula is C15H16N2O3. The zero-order valence-electron chi connectivity index (χ0n) is 11.3. The number of nitrogens with one attached hydrogen (secondary N) is 1. The number of morpholine rings is 1. The monoisotopic (exact) mass is 272 g/mol. The number of benzene rings is 1. The van der Waals surface area contributed by atoms with Crippen molar-refractivity contribution in [2.24, 2.45) is 0 Å². The Morgan fingerprint density at radius 1 is 1.40 bits per heavy atom. The number of pyridine rings is 1. The number of rotatable bonds is 1. The van der Waals surface area contributed by atoms with Crippen LogP contribution in [0, 0.1) is 0 Å². The summed E-state index contributed by atoms with van der Waals surface area (Å²) >= 11 is 0. The molecule has 3 rings (SSSR count). The summed E-state index contributed by atoms with van der Waals surface area (Å²) in [6, 6.07) is 8.73. The van der Waals surface area contributed by atoms with Crippen LogP contribution in [0.4, 0.5) is 0 Å². The van der Waals surface area contributed by atoms with Gasteiger partial charge in [-0.1, -0.05) is 18.2 Å². The Bertz CT molecular complexity index is 708. The fourth-order valence-electron chi connectivity index (χ4n) is 2.55. The smallest absolute Gasteiger partial charge is 0.254 e. The largest absolute Gasteiger partial charge is 0.375 e. The number of fused-ring (bicyclic) bond motifs is 1. The van der Waals surface area contributed by atoms with Crippen LogP contribution in [0.15, 0.2) is 35.1 Å². The quantitative estimate of drug-likeness (QED) is 0.853. The minimum atomic E-state index is -0.256. The van der Waals surface area contributed by atoms with Crippen molar-refractivity contribution in [2.45, 2.75) is 13.0 Å². The summed E-state index contributed by atoms with van der Waals surface area (Å²) in [7, 11) is 0. The lowest BCUT2D eigenvalue weighted by molar-refractivity contribution is -0.0123. The number of aromatic amines is 1. The molecule has 1 aliphatic heterocycles. The Labute approximate surface area is 116 Å². The van der Waals surface area contributed by atoms with E-state index in [0.29, 0.717) is 30.8 Å². The predicted octanol–water partition coefficient (Wildman–Crippen LogP) is 1.39. The highest BCUT2D eigenvalue weighted by atomic mass is 16.5. The van der Waals surface area contributed by atoms with Gasteiger partial charge in [0.05, 0.1) is 18.3 Å². The summed E-state index contributed by atoms with van der Waals surface area (Å²) in [6.45, 7) is 3.59. The first-order valence-electron chi connectivity index (χ1n) is 6.68. The number of ether oxygens (including phenoxy) is 1. The van der Waals surface area contributed by atoms with Crippen LogP contribution in [0.25, 0.3) is 10.9 Å². The third-order valence-corrected chi connectivity index (χ3v) is 3.51. The summed E-state index contributed by atoms with van der Waals surface area (Å²) in [4.78, 5) is 28.8. The van der Waals surface area contributed by atoms with E-state index in [2.05, 4.69) is 4.98 Å². The first-order valence-corrected chi connectivity index (χ1v) is 6.68. The third kappa shape index (κ3) is 2.32. The van der Waals surface area contributed by atoms with Crippen LogP contribution < -0.4 is 5.56 Å². The van der Waals surface area contributed by atoms with Crippen LogP contribution >= 0.6 is 0 Å². The van der Waals surface area contributed by atoms with E-state index in [1.54, 1.807) is 11.0 Å². The second-order valence-electron chi connectivity index (χ2n) is 5.03. The molecule has 0 saturated carbocycles. The molecule has 104 valence electrons. The summed E-state index contributed by atoms with van der Waals surface area (Å²) in [6.07, 6.45) is 0.0287. The van der Waals surface area contributed by atoms with Gasteiger partial charge in [-0.05, 0) is 13.0 Å². The molecule has 0 bridgehead atoms. The molecule has 20 heavy (non-hydrogen) atoms. The molecule has 2 aromatic rings. The Balaban J connectivity index is 2.05. The summed E-state index contributed by atoms with van der Waals surface area (Å²) < 4.78 is 5.44. The van der Waals surface area contributed by atoms with Gasteiger partial charge in [0.1, 0.15) is 0 Å². The van der Waals surface area contributed by atoms with Gasteiger partial charge in [-0.25, -0.2) is 0 Å². The van der Waals surface area contributed by atoms with Crippen molar-refractivity contribution in [3.63, 3.8) is 0 Å². The molecule has 0 spiro atoms. The highest BCUT2D eigenvalue weighted by Gasteiger charge is 2.24. The molecule has 1 saturated heterocycles. The molecule has 1 N–H and O–H groups in total. The van der Waals surface area contributed by atoms with Crippen molar-refractivity contribution in [3.05, 3.63) is 46.2 Å². The van der Waals surface area contributed by atoms with Crippen molar-refractivity contribution < 1.29 is 9.53 Å². The number of para-hydroxylation sites is 1. The van der Waals surface area contributed by atoms with Gasteiger partial charge in [-0.3, -0.25) is 9.59 Å². The highest BCUT2D eigenvalue weighted by molar-refractivity contribution is 6.05. The van der Waals surface area contributed by atoms with Gasteiger partial charge >= 0.3 is 0 Å². The maximum absolute atomic E-state index is 12.6. The van der Waals surface area contributed by atoms with Crippen molar-refractivity contribution in [1.82, 2.24) is 9.88 Å². The molecule has 2 heterocycles. The first-order chi connectivity index (χ1) is 9.65. The lowest BCUT2D eigenvalue weighted by Crippen LogP contribution is -2.44. The summed E-state index contributed by atoms with van der Waals surface area (Å²) in [5, 5.41) is 0.774. The zero-order valence-corrected chi connectivity index (χ0v) is 11.3. The van der Waals surface area contributed by atoms with E-state index in [4.69, 9.17) is 4.74 Å². The van der Waals surface area contributed by atoms with E-state index < -0.39 is 0 Å². The number of amides is 1. The number of aromatic nitrogens is 1. The molecule has 0 aliphatic carbocycles. The van der Waals surface area contributed by atoms with E-state index in [0.717, 1.165) is 5.39 Å². The fourth-order valence-corrected chi connectivity index (χ4v) is 2.55. The van der Waals surface area contributed by atoms with Crippen molar-refractivity contribution in [1.29, 1.82) is 0 Å². The third-order valence-electron chi connectivity index (χ3n) is 3.51. The Morgan fingerprint density at radius 2 is 2.20 bits per heavy atom. The van der Waals surface area contributed by atoms with Gasteiger partial charge in [0.15, 0.2) is 0 Å². The summed E-state index contributed by atoms with van der Waals surface area (Å²) in [5.41, 5.74) is 0.886. The van der Waals surface area contributed by atoms with Crippen molar-refractivity contribution in [2.75, 3.05) is 19.7 Å². The van der Waals surface area contributed by atoms with E-state index in [9.17, 15) is 9.59 Å². The van der Waals surface area contributed by atoms with Gasteiger partial charge in [0, 0.05) is 30.1 Å². The van der Waals surface area contributed by atoms with E-state index >= 15 is 0 Å². The number of nitrogens with zero attached hydrogens (tertiary/aromatic N) is 1. The average molecular weight is 272 g/mol. The van der Waals surface area contributed by atoms with Gasteiger partial charge in [-0.2, -0.15) is 0 Å². The lowest BCUT2D eigenvalue weighted by Gasteiger charge is -2.31. The molecule has 1 unspecified atom stereocenters. The second kappa shape index (κ2) is 5.09. The second-order valence-corrected chi connectivity index (χ2v) is 5.03. The molecule has 1 fully saturated rings. The lowest BCUT2D eigenvalue weighted by atomic mass is 10.1. The molecule has 1 aliphatic rings. The van der Waals surface area contributed by atoms with E-state index in [1.165, 1.54) is 6.07 Å². The Morgan fingerprint density at radius 3 is 3.00 bits per heavy atom. The van der Waals surface area contributed by atoms with Crippen LogP contribution in [0.5, 0.6) is 0 Å². The van der Waals surface area contributed by atoms with E-state index in [1.807, 2.05) is 25.1 Å². The van der Waals surface area contributed by atoms with Crippen LogP contribution in [0.3, 0.4) is 0 Å². The number of hydrogen-bond donors (Lipinski definition) is 1. The fraction of sp³-hybridized carbons (Fsp3) is 0.333. The Hall–Kier alpha value is -2.14. The molecule has 0 radical (unpaired) electrons.